The Morgan fingerprint density at radius 1 is 1.11 bits per heavy atom. The molecule has 1 saturated heterocycles. The number of methoxy groups -OCH3 is 1. The van der Waals surface area contributed by atoms with E-state index in [4.69, 9.17) is 4.74 Å². The van der Waals surface area contributed by atoms with Crippen molar-refractivity contribution in [3.63, 3.8) is 0 Å². The lowest BCUT2D eigenvalue weighted by atomic mass is 9.67. The molecular weight excluding hydrogens is 475 g/mol. The van der Waals surface area contributed by atoms with Gasteiger partial charge in [-0.15, -0.1) is 0 Å². The molecule has 11 heteroatoms. The number of anilines is 1. The highest BCUT2D eigenvalue weighted by atomic mass is 19.3. The monoisotopic (exact) mass is 501 g/mol. The first-order valence-electron chi connectivity index (χ1n) is 11.8. The van der Waals surface area contributed by atoms with Crippen LogP contribution in [0.1, 0.15) is 37.7 Å². The molecule has 2 amide bonds. The molecule has 36 heavy (non-hydrogen) atoms. The number of ether oxygens (including phenoxy) is 1. The number of amides is 2. The molecule has 2 aromatic heterocycles. The molecule has 1 aliphatic carbocycles. The second-order valence-electron chi connectivity index (χ2n) is 9.46. The number of carbonyl (C=O) groups is 2. The van der Waals surface area contributed by atoms with Crippen LogP contribution >= 0.6 is 0 Å². The van der Waals surface area contributed by atoms with Gasteiger partial charge in [0.1, 0.15) is 29.3 Å². The molecule has 0 radical (unpaired) electrons. The molecule has 2 fully saturated rings. The number of nitrogens with one attached hydrogen (secondary N) is 2. The van der Waals surface area contributed by atoms with Crippen molar-refractivity contribution in [1.82, 2.24) is 20.1 Å². The quantitative estimate of drug-likeness (QED) is 0.551. The van der Waals surface area contributed by atoms with Gasteiger partial charge in [0, 0.05) is 19.3 Å². The van der Waals surface area contributed by atoms with E-state index in [0.717, 1.165) is 0 Å². The number of nitrogens with zero attached hydrogens (tertiary/aromatic N) is 3. The van der Waals surface area contributed by atoms with E-state index in [1.807, 2.05) is 0 Å². The Morgan fingerprint density at radius 2 is 1.83 bits per heavy atom. The van der Waals surface area contributed by atoms with Crippen LogP contribution in [-0.2, 0) is 15.0 Å². The van der Waals surface area contributed by atoms with E-state index in [0.29, 0.717) is 22.3 Å². The first-order chi connectivity index (χ1) is 17.2. The number of rotatable bonds is 5. The molecule has 1 aliphatic heterocycles. The number of carbonyl (C=O) groups excluding carboxylic acids is 2. The van der Waals surface area contributed by atoms with E-state index in [2.05, 4.69) is 20.5 Å². The lowest BCUT2D eigenvalue weighted by molar-refractivity contribution is -0.146. The summed E-state index contributed by atoms with van der Waals surface area (Å²) in [7, 11) is 1.51. The first kappa shape index (κ1) is 24.1. The highest BCUT2D eigenvalue weighted by molar-refractivity contribution is 5.99. The van der Waals surface area contributed by atoms with Crippen molar-refractivity contribution in [1.29, 1.82) is 0 Å². The van der Waals surface area contributed by atoms with Crippen molar-refractivity contribution in [3.8, 4) is 5.75 Å². The summed E-state index contributed by atoms with van der Waals surface area (Å²) >= 11 is 0. The SMILES string of the molecule is COc1ccc(C2(C(=O)N3C[C@H](F)C[C@@H]3C(=O)Nc3ccc4[nH]ncc4n3)CCC(F)(F)CC2)cc1. The summed E-state index contributed by atoms with van der Waals surface area (Å²) in [5.74, 6) is -3.16. The number of fused-ring (bicyclic) bond motifs is 1. The number of halogens is 3. The van der Waals surface area contributed by atoms with Gasteiger partial charge in [-0.1, -0.05) is 12.1 Å². The van der Waals surface area contributed by atoms with E-state index >= 15 is 0 Å². The topological polar surface area (TPSA) is 100 Å². The van der Waals surface area contributed by atoms with Crippen molar-refractivity contribution in [2.75, 3.05) is 19.0 Å². The molecule has 2 atom stereocenters. The van der Waals surface area contributed by atoms with Crippen LogP contribution < -0.4 is 10.1 Å². The fraction of sp³-hybridized carbons (Fsp3) is 0.440. The Bertz CT molecular complexity index is 1270. The number of hydrogen-bond acceptors (Lipinski definition) is 5. The summed E-state index contributed by atoms with van der Waals surface area (Å²) in [5.41, 5.74) is 0.490. The minimum atomic E-state index is -2.88. The third kappa shape index (κ3) is 4.38. The van der Waals surface area contributed by atoms with Gasteiger partial charge in [-0.3, -0.25) is 14.7 Å². The fourth-order valence-corrected chi connectivity index (χ4v) is 5.22. The third-order valence-electron chi connectivity index (χ3n) is 7.25. The van der Waals surface area contributed by atoms with Crippen molar-refractivity contribution >= 4 is 28.7 Å². The van der Waals surface area contributed by atoms with Crippen LogP contribution in [0.25, 0.3) is 11.0 Å². The van der Waals surface area contributed by atoms with E-state index in [1.165, 1.54) is 18.2 Å². The second-order valence-corrected chi connectivity index (χ2v) is 9.46. The Balaban J connectivity index is 1.43. The van der Waals surface area contributed by atoms with Gasteiger partial charge in [0.15, 0.2) is 0 Å². The van der Waals surface area contributed by atoms with Crippen molar-refractivity contribution in [3.05, 3.63) is 48.2 Å². The zero-order chi connectivity index (χ0) is 25.5. The zero-order valence-corrected chi connectivity index (χ0v) is 19.6. The molecule has 8 nitrogen and oxygen atoms in total. The van der Waals surface area contributed by atoms with E-state index in [-0.39, 0.29) is 31.6 Å². The molecule has 1 saturated carbocycles. The van der Waals surface area contributed by atoms with Crippen LogP contribution in [0.3, 0.4) is 0 Å². The summed E-state index contributed by atoms with van der Waals surface area (Å²) in [6, 6.07) is 8.88. The summed E-state index contributed by atoms with van der Waals surface area (Å²) in [4.78, 5) is 32.7. The smallest absolute Gasteiger partial charge is 0.248 e. The molecule has 0 bridgehead atoms. The number of pyridine rings is 1. The van der Waals surface area contributed by atoms with Gasteiger partial charge in [0.2, 0.25) is 17.7 Å². The van der Waals surface area contributed by atoms with Crippen LogP contribution in [0.5, 0.6) is 5.75 Å². The number of alkyl halides is 3. The molecule has 0 unspecified atom stereocenters. The summed E-state index contributed by atoms with van der Waals surface area (Å²) in [5, 5.41) is 9.32. The molecular formula is C25H26F3N5O3. The van der Waals surface area contributed by atoms with Crippen molar-refractivity contribution in [2.24, 2.45) is 0 Å². The average molecular weight is 502 g/mol. The molecule has 5 rings (SSSR count). The largest absolute Gasteiger partial charge is 0.497 e. The van der Waals surface area contributed by atoms with Crippen LogP contribution in [0.4, 0.5) is 19.0 Å². The number of benzene rings is 1. The molecule has 3 heterocycles. The van der Waals surface area contributed by atoms with Crippen LogP contribution in [-0.4, -0.2) is 63.7 Å². The number of aromatic nitrogens is 3. The van der Waals surface area contributed by atoms with Crippen molar-refractivity contribution in [2.45, 2.75) is 55.7 Å². The highest BCUT2D eigenvalue weighted by Crippen LogP contribution is 2.47. The predicted octanol–water partition coefficient (Wildman–Crippen LogP) is 3.99. The Kier molecular flexibility index (Phi) is 6.09. The van der Waals surface area contributed by atoms with Crippen molar-refractivity contribution < 1.29 is 27.5 Å². The fourth-order valence-electron chi connectivity index (χ4n) is 5.22. The Labute approximate surface area is 205 Å². The standard InChI is InChI=1S/C25H26F3N5O3/c1-36-17-4-2-15(3-5-17)24(8-10-25(27,28)11-9-24)23(35)33-14-16(26)12-20(33)22(34)31-21-7-6-18-19(30-21)13-29-32-18/h2-7,13,16,20H,8-12,14H2,1H3,(H,29,32)(H,30,31,34)/t16-,20-/m1/s1. The van der Waals surface area contributed by atoms with E-state index in [1.54, 1.807) is 36.4 Å². The molecule has 1 aromatic carbocycles. The maximum absolute atomic E-state index is 14.6. The number of likely N-dealkylation sites (tertiary alicyclic amines) is 1. The van der Waals surface area contributed by atoms with E-state index in [9.17, 15) is 22.8 Å². The molecule has 3 aromatic rings. The molecule has 2 N–H and O–H groups in total. The maximum Gasteiger partial charge on any atom is 0.248 e. The number of H-pyrrole nitrogens is 1. The van der Waals surface area contributed by atoms with Gasteiger partial charge in [-0.05, 0) is 42.7 Å². The second kappa shape index (κ2) is 9.11. The van der Waals surface area contributed by atoms with Gasteiger partial charge >= 0.3 is 0 Å². The Morgan fingerprint density at radius 3 is 2.53 bits per heavy atom. The Hall–Kier alpha value is -3.63. The zero-order valence-electron chi connectivity index (χ0n) is 19.6. The maximum atomic E-state index is 14.6. The minimum Gasteiger partial charge on any atom is -0.497 e. The van der Waals surface area contributed by atoms with Crippen LogP contribution in [0.2, 0.25) is 0 Å². The third-order valence-corrected chi connectivity index (χ3v) is 7.25. The van der Waals surface area contributed by atoms with Gasteiger partial charge in [0.05, 0.1) is 30.8 Å². The van der Waals surface area contributed by atoms with Gasteiger partial charge < -0.3 is 15.0 Å². The summed E-state index contributed by atoms with van der Waals surface area (Å²) in [6.45, 7) is -0.278. The average Bonchev–Trinajstić information content (AvgIpc) is 3.50. The van der Waals surface area contributed by atoms with E-state index < -0.39 is 48.2 Å². The first-order valence-corrected chi connectivity index (χ1v) is 11.8. The number of hydrogen-bond donors (Lipinski definition) is 2. The molecule has 0 spiro atoms. The lowest BCUT2D eigenvalue weighted by Gasteiger charge is -2.42. The summed E-state index contributed by atoms with van der Waals surface area (Å²) < 4.78 is 48.1. The van der Waals surface area contributed by atoms with Gasteiger partial charge in [-0.25, -0.2) is 18.2 Å². The highest BCUT2D eigenvalue weighted by Gasteiger charge is 2.53. The lowest BCUT2D eigenvalue weighted by Crippen LogP contribution is -2.54. The van der Waals surface area contributed by atoms with Gasteiger partial charge in [0.25, 0.3) is 0 Å². The number of aromatic amines is 1. The predicted molar refractivity (Wildman–Crippen MR) is 126 cm³/mol. The minimum absolute atomic E-state index is 0.105. The van der Waals surface area contributed by atoms with Crippen LogP contribution in [0, 0.1) is 0 Å². The normalized spacial score (nSPS) is 22.9. The molecule has 2 aliphatic rings. The molecule has 190 valence electrons. The van der Waals surface area contributed by atoms with Crippen LogP contribution in [0.15, 0.2) is 42.6 Å². The summed E-state index contributed by atoms with van der Waals surface area (Å²) in [6.07, 6.45) is -1.23. The van der Waals surface area contributed by atoms with Gasteiger partial charge in [-0.2, -0.15) is 5.10 Å².